The predicted molar refractivity (Wildman–Crippen MR) is 76.9 cm³/mol. The summed E-state index contributed by atoms with van der Waals surface area (Å²) in [5.74, 6) is 1.62. The molecule has 0 aliphatic rings. The summed E-state index contributed by atoms with van der Waals surface area (Å²) in [6.45, 7) is 6.45. The first-order valence-electron chi connectivity index (χ1n) is 6.58. The van der Waals surface area contributed by atoms with Gasteiger partial charge in [-0.05, 0) is 29.5 Å². The summed E-state index contributed by atoms with van der Waals surface area (Å²) in [5.41, 5.74) is 1.17. The van der Waals surface area contributed by atoms with Crippen molar-refractivity contribution in [2.24, 2.45) is 5.41 Å². The quantitative estimate of drug-likeness (QED) is 0.787. The number of hydrogen-bond acceptors (Lipinski definition) is 3. The third-order valence-electron chi connectivity index (χ3n) is 3.00. The highest BCUT2D eigenvalue weighted by atomic mass is 16.5. The number of carbonyl (C=O) groups excluding carboxylic acids is 1. The van der Waals surface area contributed by atoms with Crippen molar-refractivity contribution in [3.8, 4) is 11.5 Å². The minimum absolute atomic E-state index is 0.202. The van der Waals surface area contributed by atoms with E-state index < -0.39 is 0 Å². The Morgan fingerprint density at radius 1 is 1.11 bits per heavy atom. The standard InChI is InChI=1S/C16H24O3/c1-16(2,3)9-8-13(17)10-12-6-7-14(18-4)15(11-12)19-5/h6-7,11H,8-10H2,1-5H3. The smallest absolute Gasteiger partial charge is 0.161 e. The first-order valence-corrected chi connectivity index (χ1v) is 6.58. The lowest BCUT2D eigenvalue weighted by molar-refractivity contribution is -0.118. The van der Waals surface area contributed by atoms with Gasteiger partial charge in [0.1, 0.15) is 5.78 Å². The molecule has 19 heavy (non-hydrogen) atoms. The Balaban J connectivity index is 2.64. The molecule has 0 aliphatic carbocycles. The Kier molecular flexibility index (Phi) is 5.40. The molecule has 0 aliphatic heterocycles. The molecule has 0 saturated heterocycles. The predicted octanol–water partition coefficient (Wildman–Crippen LogP) is 3.64. The summed E-state index contributed by atoms with van der Waals surface area (Å²) in [6, 6.07) is 5.62. The van der Waals surface area contributed by atoms with E-state index >= 15 is 0 Å². The molecule has 0 saturated carbocycles. The molecular weight excluding hydrogens is 240 g/mol. The van der Waals surface area contributed by atoms with Crippen LogP contribution in [0.5, 0.6) is 11.5 Å². The van der Waals surface area contributed by atoms with Gasteiger partial charge in [0.05, 0.1) is 14.2 Å². The van der Waals surface area contributed by atoms with Gasteiger partial charge in [0.25, 0.3) is 0 Å². The highest BCUT2D eigenvalue weighted by Crippen LogP contribution is 2.28. The van der Waals surface area contributed by atoms with Crippen LogP contribution in [0.3, 0.4) is 0 Å². The summed E-state index contributed by atoms with van der Waals surface area (Å²) in [7, 11) is 3.20. The number of methoxy groups -OCH3 is 2. The Morgan fingerprint density at radius 2 is 1.74 bits per heavy atom. The van der Waals surface area contributed by atoms with Gasteiger partial charge in [-0.15, -0.1) is 0 Å². The maximum atomic E-state index is 11.9. The molecule has 0 aromatic heterocycles. The van der Waals surface area contributed by atoms with Gasteiger partial charge >= 0.3 is 0 Å². The van der Waals surface area contributed by atoms with Crippen LogP contribution >= 0.6 is 0 Å². The third-order valence-corrected chi connectivity index (χ3v) is 3.00. The maximum absolute atomic E-state index is 11.9. The van der Waals surface area contributed by atoms with E-state index in [1.54, 1.807) is 14.2 Å². The van der Waals surface area contributed by atoms with Crippen molar-refractivity contribution in [3.05, 3.63) is 23.8 Å². The van der Waals surface area contributed by atoms with E-state index in [2.05, 4.69) is 20.8 Å². The Hall–Kier alpha value is -1.51. The van der Waals surface area contributed by atoms with Gasteiger partial charge in [-0.1, -0.05) is 26.8 Å². The van der Waals surface area contributed by atoms with Crippen molar-refractivity contribution in [1.82, 2.24) is 0 Å². The second-order valence-electron chi connectivity index (χ2n) is 5.97. The lowest BCUT2D eigenvalue weighted by Crippen LogP contribution is -2.10. The normalized spacial score (nSPS) is 11.2. The zero-order valence-corrected chi connectivity index (χ0v) is 12.6. The summed E-state index contributed by atoms with van der Waals surface area (Å²) in [5, 5.41) is 0. The van der Waals surface area contributed by atoms with Crippen LogP contribution in [0.1, 0.15) is 39.2 Å². The highest BCUT2D eigenvalue weighted by molar-refractivity contribution is 5.81. The van der Waals surface area contributed by atoms with E-state index in [1.807, 2.05) is 18.2 Å². The molecule has 0 bridgehead atoms. The largest absolute Gasteiger partial charge is 0.493 e. The zero-order valence-electron chi connectivity index (χ0n) is 12.6. The maximum Gasteiger partial charge on any atom is 0.161 e. The monoisotopic (exact) mass is 264 g/mol. The van der Waals surface area contributed by atoms with E-state index in [0.29, 0.717) is 24.3 Å². The van der Waals surface area contributed by atoms with Crippen LogP contribution in [0.4, 0.5) is 0 Å². The van der Waals surface area contributed by atoms with Crippen molar-refractivity contribution < 1.29 is 14.3 Å². The highest BCUT2D eigenvalue weighted by Gasteiger charge is 2.14. The SMILES string of the molecule is COc1ccc(CC(=O)CCC(C)(C)C)cc1OC. The first kappa shape index (κ1) is 15.5. The van der Waals surface area contributed by atoms with Crippen LogP contribution in [0.15, 0.2) is 18.2 Å². The molecule has 0 radical (unpaired) electrons. The number of carbonyl (C=O) groups is 1. The van der Waals surface area contributed by atoms with Crippen molar-refractivity contribution in [2.45, 2.75) is 40.0 Å². The summed E-state index contributed by atoms with van der Waals surface area (Å²) in [6.07, 6.45) is 1.99. The van der Waals surface area contributed by atoms with E-state index in [0.717, 1.165) is 12.0 Å². The second kappa shape index (κ2) is 6.60. The number of ketones is 1. The minimum atomic E-state index is 0.202. The van der Waals surface area contributed by atoms with Gasteiger partial charge in [0.15, 0.2) is 11.5 Å². The molecule has 1 rings (SSSR count). The van der Waals surface area contributed by atoms with Crippen LogP contribution in [-0.2, 0) is 11.2 Å². The molecule has 106 valence electrons. The van der Waals surface area contributed by atoms with Crippen LogP contribution in [0.2, 0.25) is 0 Å². The molecule has 1 aromatic carbocycles. The summed E-state index contributed by atoms with van der Waals surface area (Å²) < 4.78 is 10.4. The molecule has 0 heterocycles. The number of Topliss-reactive ketones (excluding diaryl/α,β-unsaturated/α-hetero) is 1. The molecule has 0 N–H and O–H groups in total. The zero-order chi connectivity index (χ0) is 14.5. The van der Waals surface area contributed by atoms with Crippen molar-refractivity contribution >= 4 is 5.78 Å². The molecule has 0 amide bonds. The van der Waals surface area contributed by atoms with Gasteiger partial charge in [-0.25, -0.2) is 0 Å². The Morgan fingerprint density at radius 3 is 2.26 bits per heavy atom. The molecule has 3 heteroatoms. The van der Waals surface area contributed by atoms with Crippen molar-refractivity contribution in [1.29, 1.82) is 0 Å². The fourth-order valence-electron chi connectivity index (χ4n) is 1.82. The van der Waals surface area contributed by atoms with Gasteiger partial charge in [-0.3, -0.25) is 4.79 Å². The van der Waals surface area contributed by atoms with Gasteiger partial charge < -0.3 is 9.47 Å². The second-order valence-corrected chi connectivity index (χ2v) is 5.97. The lowest BCUT2D eigenvalue weighted by Gasteiger charge is -2.17. The summed E-state index contributed by atoms with van der Waals surface area (Å²) in [4.78, 5) is 11.9. The van der Waals surface area contributed by atoms with Crippen LogP contribution < -0.4 is 9.47 Å². The third kappa shape index (κ3) is 5.33. The Labute approximate surface area is 115 Å². The number of benzene rings is 1. The fourth-order valence-corrected chi connectivity index (χ4v) is 1.82. The molecule has 0 unspecified atom stereocenters. The molecule has 0 spiro atoms. The Bertz CT molecular complexity index is 430. The molecule has 0 atom stereocenters. The molecule has 3 nitrogen and oxygen atoms in total. The molecule has 0 fully saturated rings. The van der Waals surface area contributed by atoms with Crippen LogP contribution in [-0.4, -0.2) is 20.0 Å². The first-order chi connectivity index (χ1) is 8.85. The van der Waals surface area contributed by atoms with E-state index in [1.165, 1.54) is 0 Å². The van der Waals surface area contributed by atoms with Crippen molar-refractivity contribution in [2.75, 3.05) is 14.2 Å². The lowest BCUT2D eigenvalue weighted by atomic mass is 9.89. The van der Waals surface area contributed by atoms with E-state index in [-0.39, 0.29) is 11.2 Å². The van der Waals surface area contributed by atoms with Crippen LogP contribution in [0, 0.1) is 5.41 Å². The molecular formula is C16H24O3. The average molecular weight is 264 g/mol. The van der Waals surface area contributed by atoms with Gasteiger partial charge in [0.2, 0.25) is 0 Å². The number of ether oxygens (including phenoxy) is 2. The van der Waals surface area contributed by atoms with E-state index in [4.69, 9.17) is 9.47 Å². The van der Waals surface area contributed by atoms with Crippen molar-refractivity contribution in [3.63, 3.8) is 0 Å². The fraction of sp³-hybridized carbons (Fsp3) is 0.562. The van der Waals surface area contributed by atoms with E-state index in [9.17, 15) is 4.79 Å². The summed E-state index contributed by atoms with van der Waals surface area (Å²) >= 11 is 0. The van der Waals surface area contributed by atoms with Gasteiger partial charge in [-0.2, -0.15) is 0 Å². The van der Waals surface area contributed by atoms with Crippen LogP contribution in [0.25, 0.3) is 0 Å². The van der Waals surface area contributed by atoms with Gasteiger partial charge in [0, 0.05) is 12.8 Å². The number of hydrogen-bond donors (Lipinski definition) is 0. The number of rotatable bonds is 6. The average Bonchev–Trinajstić information content (AvgIpc) is 2.35. The molecule has 1 aromatic rings. The minimum Gasteiger partial charge on any atom is -0.493 e. The topological polar surface area (TPSA) is 35.5 Å².